The molecule has 17 heavy (non-hydrogen) atoms. The van der Waals surface area contributed by atoms with Crippen LogP contribution in [0.2, 0.25) is 0 Å². The second kappa shape index (κ2) is 4.75. The van der Waals surface area contributed by atoms with Crippen LogP contribution < -0.4 is 0 Å². The molecule has 1 atom stereocenters. The van der Waals surface area contributed by atoms with Gasteiger partial charge in [-0.1, -0.05) is 6.08 Å². The summed E-state index contributed by atoms with van der Waals surface area (Å²) in [7, 11) is 0. The van der Waals surface area contributed by atoms with Gasteiger partial charge in [-0.2, -0.15) is 13.2 Å². The molecule has 0 saturated carbocycles. The molecule has 1 rings (SSSR count). The number of halogens is 4. The van der Waals surface area contributed by atoms with Gasteiger partial charge in [0.05, 0.1) is 11.7 Å². The Kier molecular flexibility index (Phi) is 3.78. The highest BCUT2D eigenvalue weighted by Crippen LogP contribution is 2.39. The van der Waals surface area contributed by atoms with Gasteiger partial charge in [-0.15, -0.1) is 0 Å². The van der Waals surface area contributed by atoms with Crippen molar-refractivity contribution in [1.82, 2.24) is 0 Å². The molecular formula is C11H10F4O2. The standard InChI is InChI=1S/C11H10F4O2/c1-6(2)17-10-7(5-16)8(11(13,14)15)3-4-9(10)12/h3-4,6,8H,1-2H3. The van der Waals surface area contributed by atoms with Gasteiger partial charge in [0.1, 0.15) is 11.9 Å². The quantitative estimate of drug-likeness (QED) is 0.556. The molecule has 0 N–H and O–H groups in total. The molecule has 1 unspecified atom stereocenters. The van der Waals surface area contributed by atoms with Crippen molar-refractivity contribution in [3.63, 3.8) is 0 Å². The minimum absolute atomic E-state index is 0.542. The molecule has 0 aromatic heterocycles. The molecule has 6 heteroatoms. The van der Waals surface area contributed by atoms with Crippen molar-refractivity contribution >= 4 is 5.94 Å². The lowest BCUT2D eigenvalue weighted by molar-refractivity contribution is -0.152. The highest BCUT2D eigenvalue weighted by atomic mass is 19.4. The van der Waals surface area contributed by atoms with Gasteiger partial charge in [0, 0.05) is 0 Å². The van der Waals surface area contributed by atoms with Crippen molar-refractivity contribution in [2.75, 3.05) is 0 Å². The lowest BCUT2D eigenvalue weighted by Crippen LogP contribution is -2.27. The first kappa shape index (κ1) is 13.5. The van der Waals surface area contributed by atoms with Crippen LogP contribution in [0.3, 0.4) is 0 Å². The molecule has 0 heterocycles. The van der Waals surface area contributed by atoms with E-state index in [0.717, 1.165) is 5.94 Å². The molecule has 0 aromatic carbocycles. The third-order valence-corrected chi connectivity index (χ3v) is 2.02. The summed E-state index contributed by atoms with van der Waals surface area (Å²) in [5.74, 6) is -2.74. The molecule has 0 radical (unpaired) electrons. The Labute approximate surface area is 95.3 Å². The summed E-state index contributed by atoms with van der Waals surface area (Å²) in [4.78, 5) is 10.6. The van der Waals surface area contributed by atoms with Crippen LogP contribution in [0.5, 0.6) is 0 Å². The summed E-state index contributed by atoms with van der Waals surface area (Å²) in [6, 6.07) is 0. The predicted molar refractivity (Wildman–Crippen MR) is 52.2 cm³/mol. The van der Waals surface area contributed by atoms with Crippen LogP contribution in [-0.2, 0) is 9.53 Å². The average molecular weight is 250 g/mol. The minimum atomic E-state index is -4.67. The fourth-order valence-corrected chi connectivity index (χ4v) is 1.36. The summed E-state index contributed by atoms with van der Waals surface area (Å²) < 4.78 is 55.9. The van der Waals surface area contributed by atoms with Crippen LogP contribution in [0, 0.1) is 5.92 Å². The first-order valence-electron chi connectivity index (χ1n) is 4.84. The molecule has 0 amide bonds. The van der Waals surface area contributed by atoms with E-state index in [9.17, 15) is 22.4 Å². The first-order chi connectivity index (χ1) is 7.77. The fraction of sp³-hybridized carbons (Fsp3) is 0.455. The number of alkyl halides is 3. The highest BCUT2D eigenvalue weighted by Gasteiger charge is 2.45. The van der Waals surface area contributed by atoms with E-state index in [2.05, 4.69) is 0 Å². The van der Waals surface area contributed by atoms with Crippen LogP contribution in [0.4, 0.5) is 17.6 Å². The molecular weight excluding hydrogens is 240 g/mol. The minimum Gasteiger partial charge on any atom is -0.487 e. The Bertz CT molecular complexity index is 412. The predicted octanol–water partition coefficient (Wildman–Crippen LogP) is 3.10. The number of hydrogen-bond acceptors (Lipinski definition) is 2. The maximum absolute atomic E-state index is 13.3. The lowest BCUT2D eigenvalue weighted by atomic mass is 9.93. The zero-order chi connectivity index (χ0) is 13.2. The molecule has 1 aliphatic rings. The molecule has 0 saturated heterocycles. The van der Waals surface area contributed by atoms with E-state index in [4.69, 9.17) is 4.74 Å². The summed E-state index contributed by atoms with van der Waals surface area (Å²) in [6.07, 6.45) is -3.99. The van der Waals surface area contributed by atoms with E-state index in [1.807, 2.05) is 0 Å². The number of ether oxygens (including phenoxy) is 1. The van der Waals surface area contributed by atoms with Crippen molar-refractivity contribution < 1.29 is 27.1 Å². The van der Waals surface area contributed by atoms with E-state index in [-0.39, 0.29) is 0 Å². The van der Waals surface area contributed by atoms with Crippen molar-refractivity contribution in [3.8, 4) is 0 Å². The van der Waals surface area contributed by atoms with Gasteiger partial charge in [-0.25, -0.2) is 9.18 Å². The van der Waals surface area contributed by atoms with Gasteiger partial charge < -0.3 is 4.74 Å². The number of carbonyl (C=O) groups excluding carboxylic acids is 1. The summed E-state index contributed by atoms with van der Waals surface area (Å²) in [5, 5.41) is 0. The van der Waals surface area contributed by atoms with Crippen LogP contribution in [0.1, 0.15) is 13.8 Å². The van der Waals surface area contributed by atoms with Gasteiger partial charge in [0.2, 0.25) is 0 Å². The molecule has 0 fully saturated rings. The van der Waals surface area contributed by atoms with E-state index in [0.29, 0.717) is 12.2 Å². The van der Waals surface area contributed by atoms with Crippen LogP contribution in [0.25, 0.3) is 0 Å². The lowest BCUT2D eigenvalue weighted by Gasteiger charge is -2.24. The van der Waals surface area contributed by atoms with Crippen LogP contribution >= 0.6 is 0 Å². The van der Waals surface area contributed by atoms with Crippen molar-refractivity contribution in [2.24, 2.45) is 5.92 Å². The second-order valence-electron chi connectivity index (χ2n) is 3.74. The van der Waals surface area contributed by atoms with E-state index in [1.54, 1.807) is 0 Å². The Balaban J connectivity index is 3.18. The van der Waals surface area contributed by atoms with E-state index < -0.39 is 35.4 Å². The normalized spacial score (nSPS) is 20.9. The second-order valence-corrected chi connectivity index (χ2v) is 3.74. The van der Waals surface area contributed by atoms with Gasteiger partial charge in [-0.3, -0.25) is 0 Å². The molecule has 2 nitrogen and oxygen atoms in total. The first-order valence-corrected chi connectivity index (χ1v) is 4.84. The zero-order valence-electron chi connectivity index (χ0n) is 9.14. The Morgan fingerprint density at radius 3 is 2.41 bits per heavy atom. The SMILES string of the molecule is CC(C)OC1=C(F)C=CC(C(F)(F)F)C1=C=O. The Morgan fingerprint density at radius 1 is 1.41 bits per heavy atom. The van der Waals surface area contributed by atoms with Crippen molar-refractivity contribution in [1.29, 1.82) is 0 Å². The number of hydrogen-bond donors (Lipinski definition) is 0. The molecule has 0 aromatic rings. The molecule has 0 bridgehead atoms. The van der Waals surface area contributed by atoms with E-state index >= 15 is 0 Å². The molecule has 0 spiro atoms. The molecule has 1 aliphatic carbocycles. The largest absolute Gasteiger partial charge is 0.487 e. The van der Waals surface area contributed by atoms with Gasteiger partial charge in [0.25, 0.3) is 0 Å². The Morgan fingerprint density at radius 2 is 2.00 bits per heavy atom. The fourth-order valence-electron chi connectivity index (χ4n) is 1.36. The maximum atomic E-state index is 13.3. The number of rotatable bonds is 2. The van der Waals surface area contributed by atoms with Crippen LogP contribution in [0.15, 0.2) is 29.3 Å². The third kappa shape index (κ3) is 2.97. The Hall–Kier alpha value is -1.55. The van der Waals surface area contributed by atoms with Gasteiger partial charge in [-0.05, 0) is 19.9 Å². The van der Waals surface area contributed by atoms with Gasteiger partial charge >= 0.3 is 6.18 Å². The summed E-state index contributed by atoms with van der Waals surface area (Å²) in [6.45, 7) is 3.03. The monoisotopic (exact) mass is 250 g/mol. The van der Waals surface area contributed by atoms with Crippen molar-refractivity contribution in [3.05, 3.63) is 29.3 Å². The topological polar surface area (TPSA) is 26.3 Å². The third-order valence-electron chi connectivity index (χ3n) is 2.02. The highest BCUT2D eigenvalue weighted by molar-refractivity contribution is 5.64. The zero-order valence-corrected chi connectivity index (χ0v) is 9.14. The van der Waals surface area contributed by atoms with Crippen molar-refractivity contribution in [2.45, 2.75) is 26.1 Å². The van der Waals surface area contributed by atoms with E-state index in [1.165, 1.54) is 13.8 Å². The summed E-state index contributed by atoms with van der Waals surface area (Å²) >= 11 is 0. The van der Waals surface area contributed by atoms with Gasteiger partial charge in [0.15, 0.2) is 11.6 Å². The smallest absolute Gasteiger partial charge is 0.399 e. The summed E-state index contributed by atoms with van der Waals surface area (Å²) in [5.41, 5.74) is -0.855. The van der Waals surface area contributed by atoms with Crippen LogP contribution in [-0.4, -0.2) is 18.2 Å². The average Bonchev–Trinajstić information content (AvgIpc) is 2.18. The molecule has 94 valence electrons. The molecule has 0 aliphatic heterocycles. The number of allylic oxidation sites excluding steroid dienone is 4. The maximum Gasteiger partial charge on any atom is 0.399 e.